The van der Waals surface area contributed by atoms with Crippen LogP contribution in [0.1, 0.15) is 23.4 Å². The van der Waals surface area contributed by atoms with Crippen LogP contribution in [0.3, 0.4) is 0 Å². The monoisotopic (exact) mass is 733 g/mol. The van der Waals surface area contributed by atoms with Gasteiger partial charge in [0.15, 0.2) is 11.6 Å². The lowest BCUT2D eigenvalue weighted by Gasteiger charge is -2.19. The van der Waals surface area contributed by atoms with Crippen LogP contribution in [-0.2, 0) is 12.8 Å². The minimum atomic E-state index is 0.536. The van der Waals surface area contributed by atoms with Crippen molar-refractivity contribution in [3.63, 3.8) is 0 Å². The largest absolute Gasteiger partial charge is 0.456 e. The van der Waals surface area contributed by atoms with Gasteiger partial charge in [-0.3, -0.25) is 0 Å². The van der Waals surface area contributed by atoms with E-state index in [-0.39, 0.29) is 0 Å². The molecule has 0 amide bonds. The number of allylic oxidation sites excluding steroid dienone is 5. The van der Waals surface area contributed by atoms with Gasteiger partial charge in [0.2, 0.25) is 0 Å². The summed E-state index contributed by atoms with van der Waals surface area (Å²) in [7, 11) is 0. The van der Waals surface area contributed by atoms with Crippen molar-refractivity contribution in [1.82, 2.24) is 15.0 Å². The molecule has 0 N–H and O–H groups in total. The van der Waals surface area contributed by atoms with Crippen molar-refractivity contribution in [3.05, 3.63) is 193 Å². The van der Waals surface area contributed by atoms with Gasteiger partial charge in [-0.15, -0.1) is 0 Å². The normalized spacial score (nSPS) is 13.1. The Balaban J connectivity index is 1.04. The average molecular weight is 734 g/mol. The smallest absolute Gasteiger partial charge is 0.164 e. The standard InChI is InChI=1S/C52H35N3O2/c1-2-32-25-26-33-13-6-8-17-38(33)37(32)19-12-24-47-53-51(35-15-4-3-5-16-35)55-52(54-47)42-22-11-23-45-49(42)43-31-36(28-29-44(43)56-45)40-20-10-21-41-48-39-18-9-7-14-34(39)27-30-46(48)57-50(40)41/h2-23,27-31H,1,24-26H2/b19-12-. The second-order valence-electron chi connectivity index (χ2n) is 14.6. The number of hydrogen-bond acceptors (Lipinski definition) is 5. The van der Waals surface area contributed by atoms with Crippen molar-refractivity contribution in [2.24, 2.45) is 0 Å². The molecule has 1 aliphatic carbocycles. The predicted molar refractivity (Wildman–Crippen MR) is 233 cm³/mol. The molecule has 1 aliphatic rings. The molecule has 5 nitrogen and oxygen atoms in total. The number of furan rings is 2. The minimum absolute atomic E-state index is 0.536. The second-order valence-corrected chi connectivity index (χ2v) is 14.6. The van der Waals surface area contributed by atoms with Gasteiger partial charge in [-0.25, -0.2) is 15.0 Å². The van der Waals surface area contributed by atoms with E-state index in [0.29, 0.717) is 23.9 Å². The van der Waals surface area contributed by atoms with Gasteiger partial charge >= 0.3 is 0 Å². The molecule has 3 heterocycles. The third-order valence-corrected chi connectivity index (χ3v) is 11.3. The van der Waals surface area contributed by atoms with Gasteiger partial charge in [-0.2, -0.15) is 0 Å². The Labute approximate surface area is 329 Å². The molecule has 0 saturated carbocycles. The molecule has 0 atom stereocenters. The Hall–Kier alpha value is -7.37. The highest BCUT2D eigenvalue weighted by Gasteiger charge is 2.20. The first-order valence-electron chi connectivity index (χ1n) is 19.4. The number of fused-ring (bicyclic) bond motifs is 9. The summed E-state index contributed by atoms with van der Waals surface area (Å²) in [6, 6.07) is 50.3. The SMILES string of the molecule is C=CC1=C(/C=C\Cc2nc(-c3ccccc3)nc(-c3cccc4oc5ccc(-c6cccc7c6oc6ccc8ccccc8c67)cc5c34)n2)c2ccccc2CC1. The number of para-hydroxylation sites is 1. The maximum Gasteiger partial charge on any atom is 0.164 e. The lowest BCUT2D eigenvalue weighted by atomic mass is 9.85. The van der Waals surface area contributed by atoms with Crippen molar-refractivity contribution in [2.45, 2.75) is 19.3 Å². The molecular weight excluding hydrogens is 699 g/mol. The summed E-state index contributed by atoms with van der Waals surface area (Å²) in [6.07, 6.45) is 8.89. The molecule has 11 rings (SSSR count). The van der Waals surface area contributed by atoms with Crippen molar-refractivity contribution in [1.29, 1.82) is 0 Å². The number of hydrogen-bond donors (Lipinski definition) is 0. The number of aryl methyl sites for hydroxylation is 1. The highest BCUT2D eigenvalue weighted by Crippen LogP contribution is 2.42. The lowest BCUT2D eigenvalue weighted by Crippen LogP contribution is -2.04. The van der Waals surface area contributed by atoms with Crippen LogP contribution in [0.25, 0.3) is 94.1 Å². The topological polar surface area (TPSA) is 65.0 Å². The molecule has 0 unspecified atom stereocenters. The number of rotatable bonds is 7. The van der Waals surface area contributed by atoms with Crippen LogP contribution >= 0.6 is 0 Å². The summed E-state index contributed by atoms with van der Waals surface area (Å²) in [5.41, 5.74) is 12.3. The molecule has 57 heavy (non-hydrogen) atoms. The highest BCUT2D eigenvalue weighted by molar-refractivity contribution is 6.21. The molecule has 0 aliphatic heterocycles. The molecule has 0 saturated heterocycles. The van der Waals surface area contributed by atoms with E-state index < -0.39 is 0 Å². The summed E-state index contributed by atoms with van der Waals surface area (Å²) < 4.78 is 13.1. The van der Waals surface area contributed by atoms with E-state index in [2.05, 4.69) is 122 Å². The molecule has 0 fully saturated rings. The summed E-state index contributed by atoms with van der Waals surface area (Å²) in [6.45, 7) is 4.12. The number of benzene rings is 7. The first kappa shape index (κ1) is 33.0. The fraction of sp³-hybridized carbons (Fsp3) is 0.0577. The van der Waals surface area contributed by atoms with Gasteiger partial charge < -0.3 is 8.83 Å². The van der Waals surface area contributed by atoms with Crippen molar-refractivity contribution >= 4 is 60.2 Å². The van der Waals surface area contributed by atoms with Crippen LogP contribution in [-0.4, -0.2) is 15.0 Å². The minimum Gasteiger partial charge on any atom is -0.456 e. The summed E-state index contributed by atoms with van der Waals surface area (Å²) in [5.74, 6) is 1.92. The van der Waals surface area contributed by atoms with Gasteiger partial charge in [-0.1, -0.05) is 146 Å². The van der Waals surface area contributed by atoms with Crippen LogP contribution in [0.5, 0.6) is 0 Å². The maximum atomic E-state index is 6.63. The number of aromatic nitrogens is 3. The van der Waals surface area contributed by atoms with Crippen LogP contribution in [0.4, 0.5) is 0 Å². The molecule has 0 bridgehead atoms. The maximum absolute atomic E-state index is 6.63. The van der Waals surface area contributed by atoms with Gasteiger partial charge in [0.05, 0.1) is 0 Å². The molecule has 3 aromatic heterocycles. The van der Waals surface area contributed by atoms with E-state index >= 15 is 0 Å². The van der Waals surface area contributed by atoms with Crippen LogP contribution in [0, 0.1) is 0 Å². The van der Waals surface area contributed by atoms with Gasteiger partial charge in [0.1, 0.15) is 28.2 Å². The zero-order valence-electron chi connectivity index (χ0n) is 31.1. The Kier molecular flexibility index (Phi) is 7.78. The van der Waals surface area contributed by atoms with Crippen molar-refractivity contribution in [2.75, 3.05) is 0 Å². The molecule has 7 aromatic carbocycles. The number of nitrogens with zero attached hydrogens (tertiary/aromatic N) is 3. The lowest BCUT2D eigenvalue weighted by molar-refractivity contribution is 0.668. The van der Waals surface area contributed by atoms with Gasteiger partial charge in [0.25, 0.3) is 0 Å². The molecule has 270 valence electrons. The quantitative estimate of drug-likeness (QED) is 0.163. The molecular formula is C52H35N3O2. The Morgan fingerprint density at radius 1 is 0.544 bits per heavy atom. The van der Waals surface area contributed by atoms with Crippen molar-refractivity contribution in [3.8, 4) is 33.9 Å². The van der Waals surface area contributed by atoms with Crippen LogP contribution in [0.2, 0.25) is 0 Å². The van der Waals surface area contributed by atoms with Crippen molar-refractivity contribution < 1.29 is 8.83 Å². The van der Waals surface area contributed by atoms with Crippen LogP contribution in [0.15, 0.2) is 185 Å². The Morgan fingerprint density at radius 3 is 2.23 bits per heavy atom. The molecule has 10 aromatic rings. The average Bonchev–Trinajstić information content (AvgIpc) is 3.85. The van der Waals surface area contributed by atoms with E-state index in [0.717, 1.165) is 79.0 Å². The van der Waals surface area contributed by atoms with Crippen LogP contribution < -0.4 is 0 Å². The highest BCUT2D eigenvalue weighted by atomic mass is 16.3. The van der Waals surface area contributed by atoms with E-state index in [1.807, 2.05) is 48.5 Å². The Bertz CT molecular complexity index is 3290. The molecule has 5 heteroatoms. The first-order valence-corrected chi connectivity index (χ1v) is 19.4. The molecule has 0 radical (unpaired) electrons. The third kappa shape index (κ3) is 5.58. The predicted octanol–water partition coefficient (Wildman–Crippen LogP) is 13.5. The fourth-order valence-electron chi connectivity index (χ4n) is 8.59. The Morgan fingerprint density at radius 2 is 1.30 bits per heavy atom. The fourth-order valence-corrected chi connectivity index (χ4v) is 8.59. The second kappa shape index (κ2) is 13.4. The van der Waals surface area contributed by atoms with Gasteiger partial charge in [0, 0.05) is 44.7 Å². The molecule has 0 spiro atoms. The van der Waals surface area contributed by atoms with E-state index in [1.54, 1.807) is 0 Å². The summed E-state index contributed by atoms with van der Waals surface area (Å²) >= 11 is 0. The zero-order chi connectivity index (χ0) is 37.9. The summed E-state index contributed by atoms with van der Waals surface area (Å²) in [5, 5.41) is 6.56. The van der Waals surface area contributed by atoms with Gasteiger partial charge in [-0.05, 0) is 75.7 Å². The summed E-state index contributed by atoms with van der Waals surface area (Å²) in [4.78, 5) is 15.2. The zero-order valence-corrected chi connectivity index (χ0v) is 31.1. The van der Waals surface area contributed by atoms with E-state index in [1.165, 1.54) is 33.0 Å². The third-order valence-electron chi connectivity index (χ3n) is 11.3. The van der Waals surface area contributed by atoms with E-state index in [4.69, 9.17) is 23.8 Å². The van der Waals surface area contributed by atoms with E-state index in [9.17, 15) is 0 Å². The first-order chi connectivity index (χ1) is 28.2.